The van der Waals surface area contributed by atoms with Crippen molar-refractivity contribution >= 4 is 22.8 Å². The van der Waals surface area contributed by atoms with Crippen molar-refractivity contribution in [1.29, 1.82) is 0 Å². The molecule has 1 aromatic heterocycles. The number of ether oxygens (including phenoxy) is 2. The quantitative estimate of drug-likeness (QED) is 0.667. The molecule has 0 aliphatic heterocycles. The molecular weight excluding hydrogens is 366 g/mol. The zero-order chi connectivity index (χ0) is 21.0. The van der Waals surface area contributed by atoms with E-state index < -0.39 is 23.5 Å². The van der Waals surface area contributed by atoms with Gasteiger partial charge in [0, 0.05) is 12.1 Å². The SMILES string of the molecule is COc1cc(OC)c2c(C)c(CC(=O)N[C@@H](CC(C)C)C(=O)[O-])c(=O)oc2c1. The third-order valence-corrected chi connectivity index (χ3v) is 4.44. The molecule has 1 aromatic carbocycles. The molecule has 1 N–H and O–H groups in total. The number of hydrogen-bond donors (Lipinski definition) is 1. The molecule has 2 rings (SSSR count). The summed E-state index contributed by atoms with van der Waals surface area (Å²) < 4.78 is 15.9. The van der Waals surface area contributed by atoms with Crippen molar-refractivity contribution in [3.8, 4) is 11.5 Å². The number of rotatable bonds is 8. The van der Waals surface area contributed by atoms with Gasteiger partial charge in [-0.2, -0.15) is 0 Å². The van der Waals surface area contributed by atoms with Gasteiger partial charge in [0.1, 0.15) is 17.1 Å². The highest BCUT2D eigenvalue weighted by molar-refractivity contribution is 5.91. The molecule has 28 heavy (non-hydrogen) atoms. The Morgan fingerprint density at radius 3 is 2.43 bits per heavy atom. The first kappa shape index (κ1) is 21.3. The predicted molar refractivity (Wildman–Crippen MR) is 100 cm³/mol. The Bertz CT molecular complexity index is 946. The van der Waals surface area contributed by atoms with Crippen molar-refractivity contribution in [2.75, 3.05) is 14.2 Å². The van der Waals surface area contributed by atoms with Crippen molar-refractivity contribution in [3.05, 3.63) is 33.7 Å². The Balaban J connectivity index is 2.40. The summed E-state index contributed by atoms with van der Waals surface area (Å²) in [5, 5.41) is 14.2. The van der Waals surface area contributed by atoms with Gasteiger partial charge in [-0.25, -0.2) is 4.79 Å². The summed E-state index contributed by atoms with van der Waals surface area (Å²) in [5.74, 6) is -1.02. The van der Waals surface area contributed by atoms with E-state index in [1.54, 1.807) is 19.1 Å². The maximum absolute atomic E-state index is 12.4. The van der Waals surface area contributed by atoms with Crippen LogP contribution in [0.2, 0.25) is 0 Å². The van der Waals surface area contributed by atoms with Crippen LogP contribution in [0.5, 0.6) is 11.5 Å². The molecule has 8 nitrogen and oxygen atoms in total. The maximum atomic E-state index is 12.4. The largest absolute Gasteiger partial charge is 0.548 e. The van der Waals surface area contributed by atoms with Crippen LogP contribution in [-0.2, 0) is 16.0 Å². The molecule has 1 atom stereocenters. The van der Waals surface area contributed by atoms with Crippen LogP contribution in [0.1, 0.15) is 31.4 Å². The Morgan fingerprint density at radius 1 is 1.21 bits per heavy atom. The van der Waals surface area contributed by atoms with E-state index in [9.17, 15) is 19.5 Å². The van der Waals surface area contributed by atoms with Crippen LogP contribution in [0, 0.1) is 12.8 Å². The summed E-state index contributed by atoms with van der Waals surface area (Å²) >= 11 is 0. The summed E-state index contributed by atoms with van der Waals surface area (Å²) in [6.07, 6.45) is -0.0891. The van der Waals surface area contributed by atoms with Gasteiger partial charge in [0.05, 0.1) is 43.6 Å². The van der Waals surface area contributed by atoms with Crippen LogP contribution in [0.25, 0.3) is 11.0 Å². The van der Waals surface area contributed by atoms with Crippen LogP contribution in [0.4, 0.5) is 0 Å². The van der Waals surface area contributed by atoms with Crippen molar-refractivity contribution in [2.24, 2.45) is 5.92 Å². The van der Waals surface area contributed by atoms with Crippen molar-refractivity contribution in [1.82, 2.24) is 5.32 Å². The molecule has 0 fully saturated rings. The second-order valence-electron chi connectivity index (χ2n) is 6.94. The monoisotopic (exact) mass is 390 g/mol. The fourth-order valence-corrected chi connectivity index (χ4v) is 3.06. The zero-order valence-electron chi connectivity index (χ0n) is 16.6. The van der Waals surface area contributed by atoms with Gasteiger partial charge < -0.3 is 29.1 Å². The Kier molecular flexibility index (Phi) is 6.66. The molecule has 0 aliphatic carbocycles. The molecule has 152 valence electrons. The van der Waals surface area contributed by atoms with Crippen molar-refractivity contribution < 1.29 is 28.6 Å². The van der Waals surface area contributed by atoms with E-state index in [-0.39, 0.29) is 29.9 Å². The highest BCUT2D eigenvalue weighted by atomic mass is 16.5. The van der Waals surface area contributed by atoms with Crippen LogP contribution < -0.4 is 25.5 Å². The maximum Gasteiger partial charge on any atom is 0.340 e. The third-order valence-electron chi connectivity index (χ3n) is 4.44. The molecule has 0 radical (unpaired) electrons. The Morgan fingerprint density at radius 2 is 1.89 bits per heavy atom. The summed E-state index contributed by atoms with van der Waals surface area (Å²) in [4.78, 5) is 36.0. The first-order chi connectivity index (χ1) is 13.2. The van der Waals surface area contributed by atoms with Crippen molar-refractivity contribution in [3.63, 3.8) is 0 Å². The summed E-state index contributed by atoms with van der Waals surface area (Å²) in [6.45, 7) is 5.36. The minimum absolute atomic E-state index is 0.0508. The number of benzene rings is 1. The van der Waals surface area contributed by atoms with E-state index in [0.29, 0.717) is 22.4 Å². The Hall–Kier alpha value is -3.03. The number of carbonyl (C=O) groups is 2. The fourth-order valence-electron chi connectivity index (χ4n) is 3.06. The van der Waals surface area contributed by atoms with E-state index in [4.69, 9.17) is 13.9 Å². The summed E-state index contributed by atoms with van der Waals surface area (Å²) in [5.41, 5.74) is 0.254. The summed E-state index contributed by atoms with van der Waals surface area (Å²) in [7, 11) is 2.96. The van der Waals surface area contributed by atoms with Gasteiger partial charge in [-0.05, 0) is 24.8 Å². The minimum Gasteiger partial charge on any atom is -0.548 e. The molecule has 1 heterocycles. The van der Waals surface area contributed by atoms with Gasteiger partial charge in [-0.3, -0.25) is 4.79 Å². The lowest BCUT2D eigenvalue weighted by Crippen LogP contribution is -2.49. The topological polar surface area (TPSA) is 118 Å². The van der Waals surface area contributed by atoms with Gasteiger partial charge in [0.15, 0.2) is 0 Å². The standard InChI is InChI=1S/C20H25NO7/c1-10(2)6-14(19(23)24)21-17(22)9-13-11(3)18-15(27-5)7-12(26-4)8-16(18)28-20(13)25/h7-8,10,14H,6,9H2,1-5H3,(H,21,22)(H,23,24)/p-1/t14-/m0/s1. The lowest BCUT2D eigenvalue weighted by molar-refractivity contribution is -0.308. The molecule has 0 bridgehead atoms. The van der Waals surface area contributed by atoms with Crippen LogP contribution >= 0.6 is 0 Å². The number of nitrogens with one attached hydrogen (secondary N) is 1. The molecule has 2 aromatic rings. The molecule has 0 unspecified atom stereocenters. The molecule has 1 amide bonds. The highest BCUT2D eigenvalue weighted by Gasteiger charge is 2.21. The number of hydrogen-bond acceptors (Lipinski definition) is 7. The van der Waals surface area contributed by atoms with Crippen molar-refractivity contribution in [2.45, 2.75) is 39.7 Å². The fraction of sp³-hybridized carbons (Fsp3) is 0.450. The Labute approximate surface area is 162 Å². The van der Waals surface area contributed by atoms with Crippen LogP contribution in [-0.4, -0.2) is 32.1 Å². The molecule has 0 saturated carbocycles. The third kappa shape index (κ3) is 4.62. The van der Waals surface area contributed by atoms with Gasteiger partial charge in [0.2, 0.25) is 5.91 Å². The zero-order valence-corrected chi connectivity index (χ0v) is 16.6. The normalized spacial score (nSPS) is 12.1. The first-order valence-corrected chi connectivity index (χ1v) is 8.86. The lowest BCUT2D eigenvalue weighted by atomic mass is 10.0. The lowest BCUT2D eigenvalue weighted by Gasteiger charge is -2.21. The molecule has 8 heteroatoms. The van der Waals surface area contributed by atoms with E-state index >= 15 is 0 Å². The van der Waals surface area contributed by atoms with E-state index in [0.717, 1.165) is 0 Å². The molecule has 0 aliphatic rings. The second kappa shape index (κ2) is 8.77. The number of methoxy groups -OCH3 is 2. The number of fused-ring (bicyclic) bond motifs is 1. The smallest absolute Gasteiger partial charge is 0.340 e. The van der Waals surface area contributed by atoms with Gasteiger partial charge in [-0.1, -0.05) is 13.8 Å². The predicted octanol–water partition coefficient (Wildman–Crippen LogP) is 0.942. The second-order valence-corrected chi connectivity index (χ2v) is 6.94. The minimum atomic E-state index is -1.36. The van der Waals surface area contributed by atoms with Gasteiger partial charge in [0.25, 0.3) is 0 Å². The highest BCUT2D eigenvalue weighted by Crippen LogP contribution is 2.33. The van der Waals surface area contributed by atoms with Crippen LogP contribution in [0.3, 0.4) is 0 Å². The average Bonchev–Trinajstić information content (AvgIpc) is 2.62. The number of carboxylic acid groups (broad SMARTS) is 1. The number of amides is 1. The van der Waals surface area contributed by atoms with E-state index in [1.807, 2.05) is 13.8 Å². The number of carboxylic acids is 1. The van der Waals surface area contributed by atoms with Gasteiger partial charge >= 0.3 is 5.63 Å². The number of aryl methyl sites for hydroxylation is 1. The molecule has 0 saturated heterocycles. The molecule has 0 spiro atoms. The van der Waals surface area contributed by atoms with E-state index in [2.05, 4.69) is 5.32 Å². The average molecular weight is 390 g/mol. The number of carbonyl (C=O) groups excluding carboxylic acids is 2. The van der Waals surface area contributed by atoms with Crippen LogP contribution in [0.15, 0.2) is 21.3 Å². The summed E-state index contributed by atoms with van der Waals surface area (Å²) in [6, 6.07) is 2.08. The first-order valence-electron chi connectivity index (χ1n) is 8.86. The molecular formula is C20H24NO7-. The van der Waals surface area contributed by atoms with Gasteiger partial charge in [-0.15, -0.1) is 0 Å². The number of aliphatic carboxylic acids is 1. The van der Waals surface area contributed by atoms with E-state index in [1.165, 1.54) is 14.2 Å².